The minimum Gasteiger partial charge on any atom is -0.374 e. The van der Waals surface area contributed by atoms with E-state index in [0.717, 1.165) is 5.70 Å². The largest absolute Gasteiger partial charge is 0.374 e. The quantitative estimate of drug-likeness (QED) is 0.135. The van der Waals surface area contributed by atoms with Gasteiger partial charge in [-0.2, -0.15) is 0 Å². The number of nitrogens with one attached hydrogen (secondary N) is 4. The average Bonchev–Trinajstić information content (AvgIpc) is 3.59. The summed E-state index contributed by atoms with van der Waals surface area (Å²) >= 11 is 0. The van der Waals surface area contributed by atoms with Crippen LogP contribution in [0.25, 0.3) is 55.4 Å². The summed E-state index contributed by atoms with van der Waals surface area (Å²) < 4.78 is 0. The van der Waals surface area contributed by atoms with Gasteiger partial charge in [0, 0.05) is 10.6 Å². The van der Waals surface area contributed by atoms with Gasteiger partial charge in [-0.25, -0.2) is 0 Å². The maximum absolute atomic E-state index is 3.96. The maximum atomic E-state index is 3.96. The second-order valence-electron chi connectivity index (χ2n) is 17.9. The minimum atomic E-state index is -0.150. The fourth-order valence-electron chi connectivity index (χ4n) is 10.5. The van der Waals surface area contributed by atoms with E-state index in [1.807, 2.05) is 0 Å². The highest BCUT2D eigenvalue weighted by Gasteiger charge is 2.37. The van der Waals surface area contributed by atoms with Crippen molar-refractivity contribution in [3.8, 4) is 33.4 Å². The molecular weight excluding hydrogens is 765 g/mol. The summed E-state index contributed by atoms with van der Waals surface area (Å²) in [7, 11) is 0. The van der Waals surface area contributed by atoms with Crippen LogP contribution in [0.3, 0.4) is 0 Å². The van der Waals surface area contributed by atoms with Crippen molar-refractivity contribution in [2.24, 2.45) is 0 Å². The molecule has 2 heterocycles. The van der Waals surface area contributed by atoms with Crippen LogP contribution in [0.4, 0.5) is 0 Å². The Balaban J connectivity index is 0.992. The maximum Gasteiger partial charge on any atom is 0.0865 e. The zero-order chi connectivity index (χ0) is 42.1. The molecule has 1 saturated heterocycles. The Morgan fingerprint density at radius 3 is 1.78 bits per heavy atom. The Bertz CT molecular complexity index is 3220. The molecule has 8 aromatic rings. The summed E-state index contributed by atoms with van der Waals surface area (Å²) in [4.78, 5) is 0. The Kier molecular flexibility index (Phi) is 9.01. The Morgan fingerprint density at radius 2 is 1.05 bits per heavy atom. The van der Waals surface area contributed by atoms with Crippen LogP contribution >= 0.6 is 0 Å². The molecule has 12 rings (SSSR count). The Labute approximate surface area is 369 Å². The second kappa shape index (κ2) is 15.1. The van der Waals surface area contributed by atoms with Gasteiger partial charge in [0.05, 0.1) is 30.2 Å². The lowest BCUT2D eigenvalue weighted by Crippen LogP contribution is -2.54. The first-order valence-electron chi connectivity index (χ1n) is 22.2. The van der Waals surface area contributed by atoms with Crippen molar-refractivity contribution in [3.63, 3.8) is 0 Å². The average molecular weight is 813 g/mol. The number of hydrogen-bond donors (Lipinski definition) is 4. The molecule has 4 heteroatoms. The van der Waals surface area contributed by atoms with Crippen LogP contribution in [-0.4, -0.2) is 6.04 Å². The Hall–Kier alpha value is -7.08. The predicted molar refractivity (Wildman–Crippen MR) is 260 cm³/mol. The van der Waals surface area contributed by atoms with Gasteiger partial charge in [0.2, 0.25) is 0 Å². The van der Waals surface area contributed by atoms with Crippen molar-refractivity contribution < 1.29 is 0 Å². The lowest BCUT2D eigenvalue weighted by molar-refractivity contribution is 0.203. The van der Waals surface area contributed by atoms with Gasteiger partial charge in [0.15, 0.2) is 0 Å². The summed E-state index contributed by atoms with van der Waals surface area (Å²) in [6, 6.07) is 67.3. The van der Waals surface area contributed by atoms with Gasteiger partial charge in [0.25, 0.3) is 0 Å². The van der Waals surface area contributed by atoms with Crippen LogP contribution in [0.5, 0.6) is 0 Å². The van der Waals surface area contributed by atoms with Gasteiger partial charge >= 0.3 is 0 Å². The highest BCUT2D eigenvalue weighted by atomic mass is 15.4. The van der Waals surface area contributed by atoms with Crippen molar-refractivity contribution in [3.05, 3.63) is 250 Å². The van der Waals surface area contributed by atoms with Crippen LogP contribution in [-0.2, 0) is 5.41 Å². The topological polar surface area (TPSA) is 48.1 Å². The van der Waals surface area contributed by atoms with Gasteiger partial charge in [-0.15, -0.1) is 0 Å². The van der Waals surface area contributed by atoms with Crippen LogP contribution in [0, 0.1) is 0 Å². The van der Waals surface area contributed by atoms with Crippen LogP contribution in [0.1, 0.15) is 65.7 Å². The van der Waals surface area contributed by atoms with Gasteiger partial charge in [-0.3, -0.25) is 16.0 Å². The third kappa shape index (κ3) is 6.49. The fourth-order valence-corrected chi connectivity index (χ4v) is 10.5. The van der Waals surface area contributed by atoms with E-state index in [4.69, 9.17) is 0 Å². The summed E-state index contributed by atoms with van der Waals surface area (Å²) in [5.74, 6) is 0. The summed E-state index contributed by atoms with van der Waals surface area (Å²) in [6.45, 7) is 4.77. The standard InChI is InChI=1S/C59H48N4/c1-59(2)51-32-30-38-15-9-10-20-46(38)54(51)50-31-29-42(36-52(50)59)44-33-43(37-25-27-39(28-26-37)55-49-23-12-11-21-47(49)48-22-13-14-24-53(48)60-55)34-45(35-44)58-62-56(40-16-5-3-6-17-40)61-57(63-58)41-18-7-4-8-19-41/h3-36,53,56-58,60-63H,1-2H3. The molecule has 2 aliphatic carbocycles. The third-order valence-corrected chi connectivity index (χ3v) is 13.8. The normalized spacial score (nSPS) is 20.4. The van der Waals surface area contributed by atoms with E-state index < -0.39 is 0 Å². The molecular formula is C59H48N4. The molecule has 63 heavy (non-hydrogen) atoms. The van der Waals surface area contributed by atoms with E-state index in [2.05, 4.69) is 241 Å². The molecule has 0 amide bonds. The summed E-state index contributed by atoms with van der Waals surface area (Å²) in [6.07, 6.45) is 8.47. The Morgan fingerprint density at radius 1 is 0.444 bits per heavy atom. The number of benzene rings is 8. The molecule has 3 atom stereocenters. The van der Waals surface area contributed by atoms with E-state index in [0.29, 0.717) is 0 Å². The second-order valence-corrected chi connectivity index (χ2v) is 17.9. The van der Waals surface area contributed by atoms with Crippen molar-refractivity contribution in [2.45, 2.75) is 43.8 Å². The summed E-state index contributed by atoms with van der Waals surface area (Å²) in [5, 5.41) is 20.8. The first kappa shape index (κ1) is 37.7. The number of hydrogen-bond acceptors (Lipinski definition) is 4. The number of allylic oxidation sites excluding steroid dienone is 2. The number of rotatable bonds is 6. The van der Waals surface area contributed by atoms with Gasteiger partial charge < -0.3 is 5.32 Å². The van der Waals surface area contributed by atoms with Gasteiger partial charge in [-0.05, 0) is 113 Å². The minimum absolute atomic E-state index is 0.0710. The molecule has 3 unspecified atom stereocenters. The first-order chi connectivity index (χ1) is 31.0. The molecule has 0 radical (unpaired) electrons. The van der Waals surface area contributed by atoms with Crippen LogP contribution in [0.15, 0.2) is 206 Å². The van der Waals surface area contributed by atoms with Crippen molar-refractivity contribution >= 4 is 22.0 Å². The monoisotopic (exact) mass is 812 g/mol. The zero-order valence-electron chi connectivity index (χ0n) is 35.4. The first-order valence-corrected chi connectivity index (χ1v) is 22.2. The van der Waals surface area contributed by atoms with E-state index in [1.165, 1.54) is 93.5 Å². The molecule has 4 nitrogen and oxygen atoms in total. The van der Waals surface area contributed by atoms with Gasteiger partial charge in [-0.1, -0.05) is 196 Å². The molecule has 0 bridgehead atoms. The van der Waals surface area contributed by atoms with Crippen molar-refractivity contribution in [1.29, 1.82) is 0 Å². The SMILES string of the molecule is CC1(C)c2cc(-c3cc(-c4ccc(C5=c6ccccc6=C6C=CC=CC6N5)cc4)cc(C4NC(c5ccccc5)NC(c5ccccc5)N4)c3)ccc2-c2c1ccc1ccccc21. The van der Waals surface area contributed by atoms with Crippen LogP contribution < -0.4 is 31.7 Å². The zero-order valence-corrected chi connectivity index (χ0v) is 35.4. The summed E-state index contributed by atoms with van der Waals surface area (Å²) in [5.41, 5.74) is 17.3. The third-order valence-electron chi connectivity index (χ3n) is 13.8. The predicted octanol–water partition coefficient (Wildman–Crippen LogP) is 11.1. The van der Waals surface area contributed by atoms with Crippen LogP contribution in [0.2, 0.25) is 0 Å². The number of fused-ring (bicyclic) bond motifs is 7. The van der Waals surface area contributed by atoms with E-state index in [1.54, 1.807) is 0 Å². The van der Waals surface area contributed by atoms with E-state index in [-0.39, 0.29) is 30.0 Å². The van der Waals surface area contributed by atoms with E-state index >= 15 is 0 Å². The molecule has 0 spiro atoms. The molecule has 4 N–H and O–H groups in total. The van der Waals surface area contributed by atoms with Gasteiger partial charge in [0.1, 0.15) is 0 Å². The molecule has 2 aliphatic heterocycles. The molecule has 1 fully saturated rings. The lowest BCUT2D eigenvalue weighted by atomic mass is 9.81. The fraction of sp³-hybridized carbons (Fsp3) is 0.119. The molecule has 4 aliphatic rings. The smallest absolute Gasteiger partial charge is 0.0865 e. The lowest BCUT2D eigenvalue weighted by Gasteiger charge is -2.40. The van der Waals surface area contributed by atoms with Crippen molar-refractivity contribution in [2.75, 3.05) is 0 Å². The van der Waals surface area contributed by atoms with Crippen molar-refractivity contribution in [1.82, 2.24) is 21.3 Å². The molecule has 8 aromatic carbocycles. The highest BCUT2D eigenvalue weighted by Crippen LogP contribution is 2.52. The molecule has 0 saturated carbocycles. The molecule has 304 valence electrons. The van der Waals surface area contributed by atoms with E-state index in [9.17, 15) is 0 Å². The molecule has 0 aromatic heterocycles. The highest BCUT2D eigenvalue weighted by molar-refractivity contribution is 6.03.